The highest BCUT2D eigenvalue weighted by molar-refractivity contribution is 7.10. The Morgan fingerprint density at radius 2 is 2.10 bits per heavy atom. The fourth-order valence-corrected chi connectivity index (χ4v) is 2.49. The number of thiophene rings is 1. The van der Waals surface area contributed by atoms with Gasteiger partial charge in [-0.2, -0.15) is 0 Å². The van der Waals surface area contributed by atoms with Crippen LogP contribution in [0.2, 0.25) is 0 Å². The zero-order chi connectivity index (χ0) is 15.0. The molecule has 4 nitrogen and oxygen atoms in total. The van der Waals surface area contributed by atoms with Crippen LogP contribution in [0, 0.1) is 11.8 Å². The highest BCUT2D eigenvalue weighted by atomic mass is 32.1. The topological polar surface area (TPSA) is 49.6 Å². The molecule has 0 saturated carbocycles. The van der Waals surface area contributed by atoms with Gasteiger partial charge < -0.3 is 15.5 Å². The van der Waals surface area contributed by atoms with Gasteiger partial charge in [0, 0.05) is 25.0 Å². The van der Waals surface area contributed by atoms with Crippen LogP contribution in [0.3, 0.4) is 0 Å². The molecule has 2 N–H and O–H groups in total. The van der Waals surface area contributed by atoms with Gasteiger partial charge in [0.15, 0.2) is 0 Å². The number of carbonyl (C=O) groups is 1. The third-order valence-corrected chi connectivity index (χ3v) is 3.60. The van der Waals surface area contributed by atoms with Gasteiger partial charge in [0.05, 0.1) is 17.0 Å². The van der Waals surface area contributed by atoms with Gasteiger partial charge in [0.2, 0.25) is 0 Å². The summed E-state index contributed by atoms with van der Waals surface area (Å²) in [5, 5.41) is 1.88. The van der Waals surface area contributed by atoms with E-state index >= 15 is 0 Å². The average molecular weight is 293 g/mol. The van der Waals surface area contributed by atoms with Crippen LogP contribution in [-0.2, 0) is 0 Å². The predicted molar refractivity (Wildman–Crippen MR) is 85.0 cm³/mol. The SMILES string of the molecule is CCCN(CCN(C)C)C(=O)c1csc(C#CCN)c1. The molecule has 0 unspecified atom stereocenters. The Bertz CT molecular complexity index is 485. The van der Waals surface area contributed by atoms with Gasteiger partial charge in [-0.25, -0.2) is 0 Å². The first kappa shape index (κ1) is 16.7. The Labute approximate surface area is 125 Å². The van der Waals surface area contributed by atoms with Crippen LogP contribution in [0.5, 0.6) is 0 Å². The van der Waals surface area contributed by atoms with Crippen LogP contribution < -0.4 is 5.73 Å². The first-order chi connectivity index (χ1) is 9.58. The molecule has 0 aliphatic rings. The van der Waals surface area contributed by atoms with Crippen molar-refractivity contribution in [3.05, 3.63) is 21.9 Å². The largest absolute Gasteiger partial charge is 0.337 e. The maximum Gasteiger partial charge on any atom is 0.254 e. The number of amides is 1. The maximum absolute atomic E-state index is 12.5. The lowest BCUT2D eigenvalue weighted by Crippen LogP contribution is -2.37. The molecule has 1 amide bonds. The second-order valence-electron chi connectivity index (χ2n) is 4.80. The first-order valence-corrected chi connectivity index (χ1v) is 7.68. The van der Waals surface area contributed by atoms with E-state index in [2.05, 4.69) is 23.7 Å². The summed E-state index contributed by atoms with van der Waals surface area (Å²) in [6.45, 7) is 4.83. The highest BCUT2D eigenvalue weighted by Gasteiger charge is 2.16. The average Bonchev–Trinajstić information content (AvgIpc) is 2.89. The molecule has 20 heavy (non-hydrogen) atoms. The summed E-state index contributed by atoms with van der Waals surface area (Å²) in [7, 11) is 4.03. The molecule has 1 heterocycles. The summed E-state index contributed by atoms with van der Waals surface area (Å²) in [4.78, 5) is 17.4. The Morgan fingerprint density at radius 1 is 1.35 bits per heavy atom. The summed E-state index contributed by atoms with van der Waals surface area (Å²) in [5.41, 5.74) is 6.08. The van der Waals surface area contributed by atoms with Crippen molar-refractivity contribution >= 4 is 17.2 Å². The van der Waals surface area contributed by atoms with Crippen LogP contribution in [0.15, 0.2) is 11.4 Å². The van der Waals surface area contributed by atoms with E-state index in [1.54, 1.807) is 0 Å². The van der Waals surface area contributed by atoms with Crippen LogP contribution in [-0.4, -0.2) is 56.0 Å². The molecule has 1 aromatic heterocycles. The van der Waals surface area contributed by atoms with Crippen molar-refractivity contribution in [1.82, 2.24) is 9.80 Å². The van der Waals surface area contributed by atoms with E-state index in [1.807, 2.05) is 30.4 Å². The summed E-state index contributed by atoms with van der Waals surface area (Å²) < 4.78 is 0. The molecular formula is C15H23N3OS. The lowest BCUT2D eigenvalue weighted by Gasteiger charge is -2.23. The standard InChI is InChI=1S/C15H23N3OS/c1-4-8-18(10-9-17(2)3)15(19)13-11-14(20-12-13)6-5-7-16/h11-12H,4,7-10,16H2,1-3H3. The van der Waals surface area contributed by atoms with Gasteiger partial charge in [-0.05, 0) is 26.6 Å². The molecule has 0 saturated heterocycles. The van der Waals surface area contributed by atoms with Crippen LogP contribution >= 0.6 is 11.3 Å². The summed E-state index contributed by atoms with van der Waals surface area (Å²) >= 11 is 1.49. The van der Waals surface area contributed by atoms with Crippen molar-refractivity contribution in [2.45, 2.75) is 13.3 Å². The number of likely N-dealkylation sites (N-methyl/N-ethyl adjacent to an activating group) is 1. The van der Waals surface area contributed by atoms with Crippen molar-refractivity contribution in [3.8, 4) is 11.8 Å². The predicted octanol–water partition coefficient (Wildman–Crippen LogP) is 1.47. The molecule has 1 rings (SSSR count). The third kappa shape index (κ3) is 5.33. The maximum atomic E-state index is 12.5. The Balaban J connectivity index is 2.75. The summed E-state index contributed by atoms with van der Waals surface area (Å²) in [5.74, 6) is 5.86. The van der Waals surface area contributed by atoms with E-state index in [4.69, 9.17) is 5.73 Å². The Hall–Kier alpha value is -1.35. The Kier molecular flexibility index (Phi) is 7.31. The van der Waals surface area contributed by atoms with Crippen molar-refractivity contribution in [3.63, 3.8) is 0 Å². The highest BCUT2D eigenvalue weighted by Crippen LogP contribution is 2.15. The molecular weight excluding hydrogens is 270 g/mol. The van der Waals surface area contributed by atoms with Crippen molar-refractivity contribution in [2.24, 2.45) is 5.73 Å². The van der Waals surface area contributed by atoms with Crippen LogP contribution in [0.25, 0.3) is 0 Å². The molecule has 0 spiro atoms. The van der Waals surface area contributed by atoms with Crippen molar-refractivity contribution in [2.75, 3.05) is 40.3 Å². The van der Waals surface area contributed by atoms with E-state index in [0.29, 0.717) is 6.54 Å². The van der Waals surface area contributed by atoms with Crippen LogP contribution in [0.1, 0.15) is 28.6 Å². The molecule has 0 bridgehead atoms. The zero-order valence-corrected chi connectivity index (χ0v) is 13.3. The van der Waals surface area contributed by atoms with Gasteiger partial charge in [0.1, 0.15) is 0 Å². The van der Waals surface area contributed by atoms with Gasteiger partial charge in [-0.3, -0.25) is 4.79 Å². The number of hydrogen-bond donors (Lipinski definition) is 1. The minimum Gasteiger partial charge on any atom is -0.337 e. The Morgan fingerprint density at radius 3 is 2.70 bits per heavy atom. The van der Waals surface area contributed by atoms with Gasteiger partial charge in [-0.15, -0.1) is 11.3 Å². The minimum absolute atomic E-state index is 0.0887. The lowest BCUT2D eigenvalue weighted by molar-refractivity contribution is 0.0745. The third-order valence-electron chi connectivity index (χ3n) is 2.76. The van der Waals surface area contributed by atoms with E-state index in [0.717, 1.165) is 36.5 Å². The molecule has 0 aromatic carbocycles. The molecule has 0 aliphatic heterocycles. The summed E-state index contributed by atoms with van der Waals surface area (Å²) in [6, 6.07) is 1.86. The number of rotatable bonds is 6. The lowest BCUT2D eigenvalue weighted by atomic mass is 10.2. The zero-order valence-electron chi connectivity index (χ0n) is 12.5. The minimum atomic E-state index is 0.0887. The normalized spacial score (nSPS) is 10.2. The molecule has 5 heteroatoms. The van der Waals surface area contributed by atoms with Gasteiger partial charge in [-0.1, -0.05) is 18.8 Å². The van der Waals surface area contributed by atoms with Crippen molar-refractivity contribution < 1.29 is 4.79 Å². The smallest absolute Gasteiger partial charge is 0.254 e. The summed E-state index contributed by atoms with van der Waals surface area (Å²) in [6.07, 6.45) is 0.961. The van der Waals surface area contributed by atoms with E-state index < -0.39 is 0 Å². The van der Waals surface area contributed by atoms with Crippen molar-refractivity contribution in [1.29, 1.82) is 0 Å². The molecule has 0 aliphatic carbocycles. The second-order valence-corrected chi connectivity index (χ2v) is 5.71. The van der Waals surface area contributed by atoms with E-state index in [1.165, 1.54) is 11.3 Å². The fraction of sp³-hybridized carbons (Fsp3) is 0.533. The van der Waals surface area contributed by atoms with E-state index in [9.17, 15) is 4.79 Å². The molecule has 0 atom stereocenters. The number of hydrogen-bond acceptors (Lipinski definition) is 4. The van der Waals surface area contributed by atoms with Gasteiger partial charge >= 0.3 is 0 Å². The molecule has 0 fully saturated rings. The number of nitrogens with two attached hydrogens (primary N) is 1. The number of carbonyl (C=O) groups excluding carboxylic acids is 1. The fourth-order valence-electron chi connectivity index (χ4n) is 1.74. The second kappa shape index (κ2) is 8.75. The van der Waals surface area contributed by atoms with Gasteiger partial charge in [0.25, 0.3) is 5.91 Å². The molecule has 110 valence electrons. The van der Waals surface area contributed by atoms with Crippen LogP contribution in [0.4, 0.5) is 0 Å². The molecule has 1 aromatic rings. The quantitative estimate of drug-likeness (QED) is 0.808. The van der Waals surface area contributed by atoms with E-state index in [-0.39, 0.29) is 5.91 Å². The first-order valence-electron chi connectivity index (χ1n) is 6.80. The number of nitrogens with zero attached hydrogens (tertiary/aromatic N) is 2. The molecule has 0 radical (unpaired) electrons. The monoisotopic (exact) mass is 293 g/mol.